The molecule has 2 aliphatic heterocycles. The van der Waals surface area contributed by atoms with E-state index in [1.807, 2.05) is 0 Å². The van der Waals surface area contributed by atoms with E-state index < -0.39 is 0 Å². The van der Waals surface area contributed by atoms with E-state index in [9.17, 15) is 5.11 Å². The van der Waals surface area contributed by atoms with Gasteiger partial charge in [-0.15, -0.1) is 0 Å². The molecule has 2 aliphatic rings. The highest BCUT2D eigenvalue weighted by atomic mass is 16.5. The van der Waals surface area contributed by atoms with Gasteiger partial charge in [-0.2, -0.15) is 0 Å². The van der Waals surface area contributed by atoms with Crippen LogP contribution in [0.4, 0.5) is 0 Å². The Bertz CT molecular complexity index is 585. The Morgan fingerprint density at radius 1 is 0.926 bits per heavy atom. The van der Waals surface area contributed by atoms with Gasteiger partial charge in [0.05, 0.1) is 12.2 Å². The summed E-state index contributed by atoms with van der Waals surface area (Å²) in [6.07, 6.45) is 0.611. The van der Waals surface area contributed by atoms with Crippen LogP contribution in [0.15, 0.2) is 24.3 Å². The second kappa shape index (κ2) is 8.60. The van der Waals surface area contributed by atoms with Gasteiger partial charge in [0.2, 0.25) is 0 Å². The van der Waals surface area contributed by atoms with Crippen molar-refractivity contribution >= 4 is 0 Å². The van der Waals surface area contributed by atoms with E-state index in [4.69, 9.17) is 4.74 Å². The van der Waals surface area contributed by atoms with E-state index in [2.05, 4.69) is 68.7 Å². The highest BCUT2D eigenvalue weighted by Crippen LogP contribution is 2.28. The highest BCUT2D eigenvalue weighted by molar-refractivity contribution is 5.27. The van der Waals surface area contributed by atoms with Gasteiger partial charge >= 0.3 is 0 Å². The fourth-order valence-electron chi connectivity index (χ4n) is 4.71. The first-order valence-corrected chi connectivity index (χ1v) is 10.5. The smallest absolute Gasteiger partial charge is 0.0678 e. The average molecular weight is 375 g/mol. The first-order chi connectivity index (χ1) is 12.7. The van der Waals surface area contributed by atoms with Gasteiger partial charge in [-0.05, 0) is 42.2 Å². The number of morpholine rings is 1. The molecule has 0 aromatic heterocycles. The molecule has 4 atom stereocenters. The molecule has 0 amide bonds. The van der Waals surface area contributed by atoms with Crippen molar-refractivity contribution < 1.29 is 9.84 Å². The molecule has 3 rings (SSSR count). The fourth-order valence-corrected chi connectivity index (χ4v) is 4.71. The summed E-state index contributed by atoms with van der Waals surface area (Å²) in [6, 6.07) is 9.08. The van der Waals surface area contributed by atoms with Crippen LogP contribution in [0.3, 0.4) is 0 Å². The Balaban J connectivity index is 1.57. The molecule has 152 valence electrons. The first-order valence-electron chi connectivity index (χ1n) is 10.5. The lowest BCUT2D eigenvalue weighted by atomic mass is 9.87. The van der Waals surface area contributed by atoms with Crippen molar-refractivity contribution in [1.29, 1.82) is 0 Å². The SMILES string of the molecule is C[C@@H]1CN(C[C@@H]2CN(Cc3ccc(C(C)(C)C)cc3)C[C@@H]2CO)C[C@H](C)O1. The monoisotopic (exact) mass is 374 g/mol. The molecule has 1 N–H and O–H groups in total. The zero-order chi connectivity index (χ0) is 19.6. The molecule has 0 saturated carbocycles. The number of ether oxygens (including phenoxy) is 1. The van der Waals surface area contributed by atoms with E-state index in [0.29, 0.717) is 30.7 Å². The molecule has 0 radical (unpaired) electrons. The first kappa shape index (κ1) is 20.8. The predicted octanol–water partition coefficient (Wildman–Crippen LogP) is 3.13. The molecule has 0 aliphatic carbocycles. The number of aliphatic hydroxyl groups excluding tert-OH is 1. The lowest BCUT2D eigenvalue weighted by Crippen LogP contribution is -2.48. The molecule has 2 heterocycles. The van der Waals surface area contributed by atoms with Crippen LogP contribution in [0.25, 0.3) is 0 Å². The van der Waals surface area contributed by atoms with Crippen LogP contribution in [-0.2, 0) is 16.7 Å². The van der Waals surface area contributed by atoms with E-state index >= 15 is 0 Å². The maximum Gasteiger partial charge on any atom is 0.0678 e. The average Bonchev–Trinajstić information content (AvgIpc) is 2.95. The number of rotatable bonds is 5. The topological polar surface area (TPSA) is 35.9 Å². The highest BCUT2D eigenvalue weighted by Gasteiger charge is 2.34. The number of aliphatic hydroxyl groups is 1. The summed E-state index contributed by atoms with van der Waals surface area (Å²) in [5, 5.41) is 9.91. The van der Waals surface area contributed by atoms with E-state index in [-0.39, 0.29) is 5.41 Å². The largest absolute Gasteiger partial charge is 0.396 e. The Morgan fingerprint density at radius 2 is 1.52 bits per heavy atom. The van der Waals surface area contributed by atoms with Crippen molar-refractivity contribution in [2.75, 3.05) is 39.3 Å². The molecular weight excluding hydrogens is 336 g/mol. The molecule has 2 fully saturated rings. The summed E-state index contributed by atoms with van der Waals surface area (Å²) in [6.45, 7) is 17.5. The zero-order valence-corrected chi connectivity index (χ0v) is 17.8. The number of benzene rings is 1. The third-order valence-electron chi connectivity index (χ3n) is 6.10. The van der Waals surface area contributed by atoms with Crippen LogP contribution in [0, 0.1) is 11.8 Å². The van der Waals surface area contributed by atoms with Gasteiger partial charge in [0.15, 0.2) is 0 Å². The molecular formula is C23H38N2O2. The Hall–Kier alpha value is -0.940. The lowest BCUT2D eigenvalue weighted by molar-refractivity contribution is -0.0727. The molecule has 2 saturated heterocycles. The van der Waals surface area contributed by atoms with E-state index in [1.54, 1.807) is 0 Å². The Morgan fingerprint density at radius 3 is 2.07 bits per heavy atom. The maximum atomic E-state index is 9.91. The summed E-state index contributed by atoms with van der Waals surface area (Å²) in [5.74, 6) is 0.925. The summed E-state index contributed by atoms with van der Waals surface area (Å²) in [4.78, 5) is 5.05. The van der Waals surface area contributed by atoms with E-state index in [0.717, 1.165) is 39.3 Å². The number of hydrogen-bond donors (Lipinski definition) is 1. The molecule has 0 unspecified atom stereocenters. The van der Waals surface area contributed by atoms with Crippen LogP contribution in [0.2, 0.25) is 0 Å². The van der Waals surface area contributed by atoms with Crippen molar-refractivity contribution in [1.82, 2.24) is 9.80 Å². The van der Waals surface area contributed by atoms with E-state index in [1.165, 1.54) is 11.1 Å². The van der Waals surface area contributed by atoms with Gasteiger partial charge < -0.3 is 9.84 Å². The summed E-state index contributed by atoms with van der Waals surface area (Å²) in [7, 11) is 0. The number of hydrogen-bond acceptors (Lipinski definition) is 4. The quantitative estimate of drug-likeness (QED) is 0.859. The lowest BCUT2D eigenvalue weighted by Gasteiger charge is -2.37. The van der Waals surface area contributed by atoms with Gasteiger partial charge in [-0.3, -0.25) is 9.80 Å². The molecule has 4 heteroatoms. The van der Waals surface area contributed by atoms with Crippen LogP contribution >= 0.6 is 0 Å². The van der Waals surface area contributed by atoms with Gasteiger partial charge in [0.25, 0.3) is 0 Å². The normalized spacial score (nSPS) is 30.7. The van der Waals surface area contributed by atoms with Gasteiger partial charge in [-0.25, -0.2) is 0 Å². The van der Waals surface area contributed by atoms with Crippen molar-refractivity contribution in [3.05, 3.63) is 35.4 Å². The summed E-state index contributed by atoms with van der Waals surface area (Å²) in [5.41, 5.74) is 2.95. The second-order valence-electron chi connectivity index (χ2n) is 9.82. The fraction of sp³-hybridized carbons (Fsp3) is 0.739. The third kappa shape index (κ3) is 5.54. The Kier molecular flexibility index (Phi) is 6.62. The minimum absolute atomic E-state index is 0.200. The predicted molar refractivity (Wildman–Crippen MR) is 111 cm³/mol. The van der Waals surface area contributed by atoms with Crippen LogP contribution in [0.1, 0.15) is 45.7 Å². The third-order valence-corrected chi connectivity index (χ3v) is 6.10. The molecule has 1 aromatic carbocycles. The van der Waals surface area contributed by atoms with Crippen molar-refractivity contribution in [3.8, 4) is 0 Å². The summed E-state index contributed by atoms with van der Waals surface area (Å²) >= 11 is 0. The molecule has 0 bridgehead atoms. The summed E-state index contributed by atoms with van der Waals surface area (Å²) < 4.78 is 5.87. The van der Waals surface area contributed by atoms with Gasteiger partial charge in [-0.1, -0.05) is 45.0 Å². The van der Waals surface area contributed by atoms with Gasteiger partial charge in [0, 0.05) is 45.9 Å². The number of nitrogens with zero attached hydrogens (tertiary/aromatic N) is 2. The maximum absolute atomic E-state index is 9.91. The standard InChI is InChI=1S/C23H38N2O2/c1-17-10-24(11-18(2)27-17)13-20-14-25(15-21(20)16-26)12-19-6-8-22(9-7-19)23(3,4)5/h6-9,17-18,20-21,26H,10-16H2,1-5H3/t17-,18+,20-,21-/m1/s1. The van der Waals surface area contributed by atoms with Gasteiger partial charge in [0.1, 0.15) is 0 Å². The van der Waals surface area contributed by atoms with Crippen molar-refractivity contribution in [2.45, 2.75) is 58.8 Å². The zero-order valence-electron chi connectivity index (χ0n) is 17.8. The minimum Gasteiger partial charge on any atom is -0.396 e. The molecule has 27 heavy (non-hydrogen) atoms. The van der Waals surface area contributed by atoms with Crippen LogP contribution in [-0.4, -0.2) is 66.4 Å². The number of likely N-dealkylation sites (tertiary alicyclic amines) is 1. The molecule has 1 aromatic rings. The minimum atomic E-state index is 0.200. The molecule has 4 nitrogen and oxygen atoms in total. The second-order valence-corrected chi connectivity index (χ2v) is 9.82. The van der Waals surface area contributed by atoms with Crippen molar-refractivity contribution in [3.63, 3.8) is 0 Å². The van der Waals surface area contributed by atoms with Crippen LogP contribution < -0.4 is 0 Å². The Labute approximate surface area is 165 Å². The van der Waals surface area contributed by atoms with Crippen molar-refractivity contribution in [2.24, 2.45) is 11.8 Å². The van der Waals surface area contributed by atoms with Crippen LogP contribution in [0.5, 0.6) is 0 Å². The molecule has 0 spiro atoms.